The van der Waals surface area contributed by atoms with Crippen molar-refractivity contribution in [3.63, 3.8) is 0 Å². The summed E-state index contributed by atoms with van der Waals surface area (Å²) < 4.78 is 11.2. The summed E-state index contributed by atoms with van der Waals surface area (Å²) in [6.07, 6.45) is 2.35. The molecule has 1 fully saturated rings. The maximum absolute atomic E-state index is 5.70. The average Bonchev–Trinajstić information content (AvgIpc) is 2.90. The monoisotopic (exact) mass is 268 g/mol. The van der Waals surface area contributed by atoms with E-state index in [1.807, 2.05) is 18.9 Å². The Kier molecular flexibility index (Phi) is 5.15. The summed E-state index contributed by atoms with van der Waals surface area (Å²) in [6.45, 7) is 7.59. The van der Waals surface area contributed by atoms with Gasteiger partial charge in [-0.3, -0.25) is 0 Å². The highest BCUT2D eigenvalue weighted by Gasteiger charge is 2.20. The Hall–Kier alpha value is -1.14. The number of nitrogens with zero attached hydrogens (tertiary/aromatic N) is 3. The van der Waals surface area contributed by atoms with Gasteiger partial charge in [-0.15, -0.1) is 5.10 Å². The lowest BCUT2D eigenvalue weighted by Gasteiger charge is -2.25. The van der Waals surface area contributed by atoms with Crippen LogP contribution >= 0.6 is 0 Å². The third-order valence-electron chi connectivity index (χ3n) is 3.42. The van der Waals surface area contributed by atoms with E-state index in [0.29, 0.717) is 17.8 Å². The minimum absolute atomic E-state index is 0.0951. The average molecular weight is 268 g/mol. The molecule has 2 unspecified atom stereocenters. The molecule has 2 atom stereocenters. The third kappa shape index (κ3) is 3.91. The molecule has 1 aliphatic heterocycles. The third-order valence-corrected chi connectivity index (χ3v) is 3.42. The minimum Gasteiger partial charge on any atom is -0.406 e. The molecule has 2 rings (SSSR count). The van der Waals surface area contributed by atoms with Crippen LogP contribution in [0.15, 0.2) is 4.42 Å². The van der Waals surface area contributed by atoms with Crippen molar-refractivity contribution in [3.8, 4) is 0 Å². The Morgan fingerprint density at radius 3 is 3.00 bits per heavy atom. The summed E-state index contributed by atoms with van der Waals surface area (Å²) in [5.41, 5.74) is 0. The zero-order valence-corrected chi connectivity index (χ0v) is 12.1. The Balaban J connectivity index is 1.89. The molecule has 0 radical (unpaired) electrons. The first kappa shape index (κ1) is 14.3. The van der Waals surface area contributed by atoms with Gasteiger partial charge in [0, 0.05) is 26.1 Å². The molecule has 0 saturated carbocycles. The summed E-state index contributed by atoms with van der Waals surface area (Å²) >= 11 is 0. The van der Waals surface area contributed by atoms with Crippen LogP contribution in [0.4, 0.5) is 6.01 Å². The molecule has 1 aliphatic rings. The smallest absolute Gasteiger partial charge is 0.317 e. The first-order valence-corrected chi connectivity index (χ1v) is 7.06. The van der Waals surface area contributed by atoms with Crippen LogP contribution in [-0.2, 0) is 4.74 Å². The van der Waals surface area contributed by atoms with E-state index in [2.05, 4.69) is 22.4 Å². The van der Waals surface area contributed by atoms with E-state index >= 15 is 0 Å². The number of hydrogen-bond acceptors (Lipinski definition) is 6. The van der Waals surface area contributed by atoms with E-state index in [4.69, 9.17) is 9.15 Å². The zero-order chi connectivity index (χ0) is 13.7. The largest absolute Gasteiger partial charge is 0.406 e. The SMILES string of the molecule is CCNC(C)c1nnc(N(C)CC2CCCOC2)o1. The topological polar surface area (TPSA) is 63.4 Å². The van der Waals surface area contributed by atoms with E-state index in [9.17, 15) is 0 Å². The van der Waals surface area contributed by atoms with Gasteiger partial charge in [0.2, 0.25) is 5.89 Å². The molecule has 2 heterocycles. The van der Waals surface area contributed by atoms with E-state index in [-0.39, 0.29) is 6.04 Å². The van der Waals surface area contributed by atoms with Crippen molar-refractivity contribution in [2.75, 3.05) is 38.3 Å². The van der Waals surface area contributed by atoms with Crippen molar-refractivity contribution in [1.29, 1.82) is 0 Å². The van der Waals surface area contributed by atoms with Crippen LogP contribution in [0.1, 0.15) is 38.6 Å². The fourth-order valence-electron chi connectivity index (χ4n) is 2.37. The van der Waals surface area contributed by atoms with Crippen LogP contribution < -0.4 is 10.2 Å². The maximum atomic E-state index is 5.70. The van der Waals surface area contributed by atoms with Gasteiger partial charge in [0.15, 0.2) is 0 Å². The second-order valence-electron chi connectivity index (χ2n) is 5.17. The Bertz CT molecular complexity index is 376. The van der Waals surface area contributed by atoms with Gasteiger partial charge in [0.1, 0.15) is 0 Å². The number of ether oxygens (including phenoxy) is 1. The lowest BCUT2D eigenvalue weighted by molar-refractivity contribution is 0.0573. The predicted molar refractivity (Wildman–Crippen MR) is 73.2 cm³/mol. The lowest BCUT2D eigenvalue weighted by atomic mass is 10.0. The molecule has 0 bridgehead atoms. The van der Waals surface area contributed by atoms with Crippen molar-refractivity contribution >= 4 is 6.01 Å². The maximum Gasteiger partial charge on any atom is 0.317 e. The second kappa shape index (κ2) is 6.86. The van der Waals surface area contributed by atoms with Gasteiger partial charge in [-0.1, -0.05) is 12.0 Å². The van der Waals surface area contributed by atoms with Crippen LogP contribution in [-0.4, -0.2) is 43.5 Å². The summed E-state index contributed by atoms with van der Waals surface area (Å²) in [5, 5.41) is 11.5. The standard InChI is InChI=1S/C13H24N4O2/c1-4-14-10(2)12-15-16-13(19-12)17(3)8-11-6-5-7-18-9-11/h10-11,14H,4-9H2,1-3H3. The lowest BCUT2D eigenvalue weighted by Crippen LogP contribution is -2.31. The Morgan fingerprint density at radius 1 is 1.47 bits per heavy atom. The Morgan fingerprint density at radius 2 is 2.32 bits per heavy atom. The number of nitrogens with one attached hydrogen (secondary N) is 1. The van der Waals surface area contributed by atoms with Crippen molar-refractivity contribution in [2.24, 2.45) is 5.92 Å². The number of rotatable bonds is 6. The van der Waals surface area contributed by atoms with Gasteiger partial charge in [0.25, 0.3) is 0 Å². The molecule has 19 heavy (non-hydrogen) atoms. The van der Waals surface area contributed by atoms with Crippen LogP contribution in [0.5, 0.6) is 0 Å². The van der Waals surface area contributed by atoms with Crippen molar-refractivity contribution in [2.45, 2.75) is 32.7 Å². The summed E-state index contributed by atoms with van der Waals surface area (Å²) in [5.74, 6) is 1.20. The van der Waals surface area contributed by atoms with Crippen LogP contribution in [0.2, 0.25) is 0 Å². The molecular formula is C13H24N4O2. The molecular weight excluding hydrogens is 244 g/mol. The molecule has 6 nitrogen and oxygen atoms in total. The van der Waals surface area contributed by atoms with Crippen molar-refractivity contribution < 1.29 is 9.15 Å². The molecule has 0 aliphatic carbocycles. The fraction of sp³-hybridized carbons (Fsp3) is 0.846. The van der Waals surface area contributed by atoms with Gasteiger partial charge in [-0.2, -0.15) is 0 Å². The predicted octanol–water partition coefficient (Wildman–Crippen LogP) is 1.60. The van der Waals surface area contributed by atoms with Gasteiger partial charge in [-0.05, 0) is 26.3 Å². The highest BCUT2D eigenvalue weighted by molar-refractivity contribution is 5.22. The number of anilines is 1. The van der Waals surface area contributed by atoms with E-state index in [1.54, 1.807) is 0 Å². The zero-order valence-electron chi connectivity index (χ0n) is 12.1. The molecule has 1 saturated heterocycles. The quantitative estimate of drug-likeness (QED) is 0.845. The second-order valence-corrected chi connectivity index (χ2v) is 5.17. The highest BCUT2D eigenvalue weighted by Crippen LogP contribution is 2.20. The number of hydrogen-bond donors (Lipinski definition) is 1. The molecule has 1 aromatic heterocycles. The number of aromatic nitrogens is 2. The first-order valence-electron chi connectivity index (χ1n) is 7.06. The summed E-state index contributed by atoms with van der Waals surface area (Å²) in [7, 11) is 1.99. The van der Waals surface area contributed by atoms with Crippen molar-refractivity contribution in [1.82, 2.24) is 15.5 Å². The van der Waals surface area contributed by atoms with E-state index < -0.39 is 0 Å². The van der Waals surface area contributed by atoms with Crippen LogP contribution in [0, 0.1) is 5.92 Å². The van der Waals surface area contributed by atoms with Gasteiger partial charge < -0.3 is 19.4 Å². The van der Waals surface area contributed by atoms with E-state index in [1.165, 1.54) is 6.42 Å². The molecule has 0 aromatic carbocycles. The van der Waals surface area contributed by atoms with Crippen LogP contribution in [0.3, 0.4) is 0 Å². The van der Waals surface area contributed by atoms with Gasteiger partial charge in [0.05, 0.1) is 12.6 Å². The first-order chi connectivity index (χ1) is 9.20. The molecule has 108 valence electrons. The van der Waals surface area contributed by atoms with Gasteiger partial charge in [-0.25, -0.2) is 0 Å². The van der Waals surface area contributed by atoms with Gasteiger partial charge >= 0.3 is 6.01 Å². The molecule has 0 spiro atoms. The molecule has 1 aromatic rings. The minimum atomic E-state index is 0.0951. The van der Waals surface area contributed by atoms with Crippen LogP contribution in [0.25, 0.3) is 0 Å². The Labute approximate surface area is 114 Å². The fourth-order valence-corrected chi connectivity index (χ4v) is 2.37. The molecule has 6 heteroatoms. The summed E-state index contributed by atoms with van der Waals surface area (Å²) in [4.78, 5) is 2.02. The van der Waals surface area contributed by atoms with E-state index in [0.717, 1.165) is 32.7 Å². The van der Waals surface area contributed by atoms with Crippen molar-refractivity contribution in [3.05, 3.63) is 5.89 Å². The summed E-state index contributed by atoms with van der Waals surface area (Å²) in [6, 6.07) is 0.683. The molecule has 1 N–H and O–H groups in total. The molecule has 0 amide bonds. The highest BCUT2D eigenvalue weighted by atomic mass is 16.5. The normalized spacial score (nSPS) is 21.3.